The average molecular weight is 161 g/mol. The molecule has 1 aromatic heterocycles. The molecule has 0 unspecified atom stereocenters. The summed E-state index contributed by atoms with van der Waals surface area (Å²) in [6, 6.07) is 6.75. The third kappa shape index (κ3) is 0.961. The predicted octanol–water partition coefficient (Wildman–Crippen LogP) is 2.68. The van der Waals surface area contributed by atoms with Gasteiger partial charge < -0.3 is 0 Å². The minimum Gasteiger partial charge on any atom is -0.256 e. The minimum atomic E-state index is -0.196. The first-order valence-corrected chi connectivity index (χ1v) is 3.79. The van der Waals surface area contributed by atoms with Gasteiger partial charge in [-0.1, -0.05) is 6.07 Å². The van der Waals surface area contributed by atoms with E-state index in [1.807, 2.05) is 19.1 Å². The molecule has 12 heavy (non-hydrogen) atoms. The van der Waals surface area contributed by atoms with Crippen molar-refractivity contribution in [2.75, 3.05) is 0 Å². The van der Waals surface area contributed by atoms with Gasteiger partial charge in [-0.3, -0.25) is 4.98 Å². The topological polar surface area (TPSA) is 12.9 Å². The molecule has 1 heterocycles. The lowest BCUT2D eigenvalue weighted by Gasteiger charge is -2.00. The molecule has 0 atom stereocenters. The normalized spacial score (nSPS) is 10.5. The molecule has 0 aliphatic carbocycles. The van der Waals surface area contributed by atoms with Crippen molar-refractivity contribution < 1.29 is 4.39 Å². The maximum atomic E-state index is 13.2. The average Bonchev–Trinajstić information content (AvgIpc) is 2.04. The van der Waals surface area contributed by atoms with Gasteiger partial charge in [-0.25, -0.2) is 4.39 Å². The molecule has 0 aliphatic rings. The van der Waals surface area contributed by atoms with Crippen molar-refractivity contribution in [2.45, 2.75) is 6.92 Å². The molecule has 0 spiro atoms. The molecule has 60 valence electrons. The van der Waals surface area contributed by atoms with E-state index in [1.165, 1.54) is 6.07 Å². The third-order valence-corrected chi connectivity index (χ3v) is 1.92. The zero-order valence-corrected chi connectivity index (χ0v) is 6.71. The van der Waals surface area contributed by atoms with Crippen LogP contribution in [0.1, 0.15) is 5.56 Å². The molecule has 1 nitrogen and oxygen atoms in total. The molecule has 1 aromatic carbocycles. The second-order valence-electron chi connectivity index (χ2n) is 2.76. The van der Waals surface area contributed by atoms with Gasteiger partial charge in [0.1, 0.15) is 5.82 Å². The van der Waals surface area contributed by atoms with Crippen molar-refractivity contribution in [2.24, 2.45) is 0 Å². The molecule has 2 rings (SSSR count). The Morgan fingerprint density at radius 1 is 1.25 bits per heavy atom. The second kappa shape index (κ2) is 2.55. The summed E-state index contributed by atoms with van der Waals surface area (Å²) in [5, 5.41) is 0.625. The van der Waals surface area contributed by atoms with Crippen LogP contribution in [0.15, 0.2) is 30.5 Å². The molecular weight excluding hydrogens is 153 g/mol. The molecule has 0 radical (unpaired) electrons. The third-order valence-electron chi connectivity index (χ3n) is 1.92. The van der Waals surface area contributed by atoms with Crippen molar-refractivity contribution in [3.63, 3.8) is 0 Å². The Balaban J connectivity index is 2.96. The van der Waals surface area contributed by atoms with E-state index < -0.39 is 0 Å². The number of aromatic nitrogens is 1. The molecule has 0 saturated carbocycles. The van der Waals surface area contributed by atoms with Crippen molar-refractivity contribution in [1.82, 2.24) is 4.98 Å². The zero-order valence-electron chi connectivity index (χ0n) is 6.71. The van der Waals surface area contributed by atoms with Gasteiger partial charge in [0.15, 0.2) is 0 Å². The highest BCUT2D eigenvalue weighted by molar-refractivity contribution is 5.82. The largest absolute Gasteiger partial charge is 0.256 e. The molecule has 0 bridgehead atoms. The van der Waals surface area contributed by atoms with E-state index >= 15 is 0 Å². The highest BCUT2D eigenvalue weighted by atomic mass is 19.1. The minimum absolute atomic E-state index is 0.196. The van der Waals surface area contributed by atoms with E-state index in [1.54, 1.807) is 12.3 Å². The van der Waals surface area contributed by atoms with Crippen LogP contribution >= 0.6 is 0 Å². The quantitative estimate of drug-likeness (QED) is 0.578. The SMILES string of the molecule is Cc1ccnc2cccc(F)c12. The van der Waals surface area contributed by atoms with Gasteiger partial charge in [0.05, 0.1) is 5.52 Å². The summed E-state index contributed by atoms with van der Waals surface area (Å²) in [7, 11) is 0. The second-order valence-corrected chi connectivity index (χ2v) is 2.76. The van der Waals surface area contributed by atoms with Gasteiger partial charge in [-0.15, -0.1) is 0 Å². The number of nitrogens with zero attached hydrogens (tertiary/aromatic N) is 1. The van der Waals surface area contributed by atoms with Crippen LogP contribution in [0.5, 0.6) is 0 Å². The van der Waals surface area contributed by atoms with Crippen molar-refractivity contribution in [3.05, 3.63) is 41.8 Å². The van der Waals surface area contributed by atoms with Crippen molar-refractivity contribution in [1.29, 1.82) is 0 Å². The Morgan fingerprint density at radius 3 is 2.83 bits per heavy atom. The van der Waals surface area contributed by atoms with Gasteiger partial charge >= 0.3 is 0 Å². The van der Waals surface area contributed by atoms with E-state index in [9.17, 15) is 4.39 Å². The van der Waals surface area contributed by atoms with E-state index in [0.717, 1.165) is 11.1 Å². The fraction of sp³-hybridized carbons (Fsp3) is 0.100. The number of fused-ring (bicyclic) bond motifs is 1. The Labute approximate surface area is 69.9 Å². The fourth-order valence-corrected chi connectivity index (χ4v) is 1.32. The van der Waals surface area contributed by atoms with E-state index in [-0.39, 0.29) is 5.82 Å². The number of hydrogen-bond donors (Lipinski definition) is 0. The molecule has 0 fully saturated rings. The lowest BCUT2D eigenvalue weighted by molar-refractivity contribution is 0.639. The number of rotatable bonds is 0. The molecule has 2 heteroatoms. The van der Waals surface area contributed by atoms with Crippen molar-refractivity contribution in [3.8, 4) is 0 Å². The zero-order chi connectivity index (χ0) is 8.55. The summed E-state index contributed by atoms with van der Waals surface area (Å²) in [6.45, 7) is 1.88. The van der Waals surface area contributed by atoms with Crippen molar-refractivity contribution >= 4 is 10.9 Å². The Hall–Kier alpha value is -1.44. The van der Waals surface area contributed by atoms with Crippen LogP contribution in [0.2, 0.25) is 0 Å². The van der Waals surface area contributed by atoms with Gasteiger partial charge in [-0.05, 0) is 30.7 Å². The smallest absolute Gasteiger partial charge is 0.132 e. The van der Waals surface area contributed by atoms with Gasteiger partial charge in [-0.2, -0.15) is 0 Å². The molecule has 0 saturated heterocycles. The van der Waals surface area contributed by atoms with Gasteiger partial charge in [0.2, 0.25) is 0 Å². The van der Waals surface area contributed by atoms with E-state index in [4.69, 9.17) is 0 Å². The maximum absolute atomic E-state index is 13.2. The monoisotopic (exact) mass is 161 g/mol. The number of pyridine rings is 1. The molecule has 0 aliphatic heterocycles. The summed E-state index contributed by atoms with van der Waals surface area (Å²) in [5.74, 6) is -0.196. The van der Waals surface area contributed by atoms with Crippen LogP contribution in [0.4, 0.5) is 4.39 Å². The Bertz CT molecular complexity index is 386. The standard InChI is InChI=1S/C10H8FN/c1-7-5-6-12-9-4-2-3-8(11)10(7)9/h2-6H,1H3. The fourth-order valence-electron chi connectivity index (χ4n) is 1.32. The maximum Gasteiger partial charge on any atom is 0.132 e. The van der Waals surface area contributed by atoms with Crippen LogP contribution in [0.3, 0.4) is 0 Å². The van der Waals surface area contributed by atoms with Crippen LogP contribution in [0, 0.1) is 12.7 Å². The van der Waals surface area contributed by atoms with Crippen LogP contribution in [-0.4, -0.2) is 4.98 Å². The lowest BCUT2D eigenvalue weighted by atomic mass is 10.1. The Kier molecular flexibility index (Phi) is 1.54. The van der Waals surface area contributed by atoms with Crippen LogP contribution in [0.25, 0.3) is 10.9 Å². The predicted molar refractivity (Wildman–Crippen MR) is 46.4 cm³/mol. The molecule has 0 amide bonds. The highest BCUT2D eigenvalue weighted by Crippen LogP contribution is 2.18. The van der Waals surface area contributed by atoms with E-state index in [2.05, 4.69) is 4.98 Å². The first kappa shape index (κ1) is 7.22. The highest BCUT2D eigenvalue weighted by Gasteiger charge is 2.02. The van der Waals surface area contributed by atoms with Crippen LogP contribution < -0.4 is 0 Å². The Morgan fingerprint density at radius 2 is 2.08 bits per heavy atom. The molecule has 2 aromatic rings. The summed E-state index contributed by atoms with van der Waals surface area (Å²) in [5.41, 5.74) is 1.65. The number of hydrogen-bond acceptors (Lipinski definition) is 1. The molecule has 0 N–H and O–H groups in total. The number of benzene rings is 1. The number of halogens is 1. The van der Waals surface area contributed by atoms with Gasteiger partial charge in [0, 0.05) is 11.6 Å². The summed E-state index contributed by atoms with van der Waals surface area (Å²) in [6.07, 6.45) is 1.69. The number of aryl methyl sites for hydroxylation is 1. The summed E-state index contributed by atoms with van der Waals surface area (Å²) >= 11 is 0. The lowest BCUT2D eigenvalue weighted by Crippen LogP contribution is -1.85. The summed E-state index contributed by atoms with van der Waals surface area (Å²) < 4.78 is 13.2. The first-order valence-electron chi connectivity index (χ1n) is 3.79. The first-order chi connectivity index (χ1) is 5.79. The van der Waals surface area contributed by atoms with Crippen LogP contribution in [-0.2, 0) is 0 Å². The van der Waals surface area contributed by atoms with Gasteiger partial charge in [0.25, 0.3) is 0 Å². The molecular formula is C10H8FN. The summed E-state index contributed by atoms with van der Waals surface area (Å²) in [4.78, 5) is 4.06. The van der Waals surface area contributed by atoms with E-state index in [0.29, 0.717) is 5.39 Å².